The van der Waals surface area contributed by atoms with Gasteiger partial charge in [0.05, 0.1) is 12.2 Å². The molecular formula is C24H29N5O2. The Morgan fingerprint density at radius 1 is 1.13 bits per heavy atom. The lowest BCUT2D eigenvalue weighted by atomic mass is 10.2. The second kappa shape index (κ2) is 9.64. The number of nitrogens with one attached hydrogen (secondary N) is 2. The number of rotatable bonds is 7. The minimum absolute atomic E-state index is 0.252. The Hall–Kier alpha value is -3.35. The number of hydrogen-bond acceptors (Lipinski definition) is 4. The molecule has 0 atom stereocenters. The third kappa shape index (κ3) is 5.84. The zero-order valence-corrected chi connectivity index (χ0v) is 18.1. The number of pyridine rings is 1. The van der Waals surface area contributed by atoms with E-state index in [1.165, 1.54) is 12.8 Å². The highest BCUT2D eigenvalue weighted by atomic mass is 16.5. The molecule has 0 unspecified atom stereocenters. The van der Waals surface area contributed by atoms with Crippen LogP contribution in [0.25, 0.3) is 0 Å². The Morgan fingerprint density at radius 2 is 1.97 bits per heavy atom. The van der Waals surface area contributed by atoms with Gasteiger partial charge < -0.3 is 15.4 Å². The van der Waals surface area contributed by atoms with Crippen molar-refractivity contribution >= 4 is 11.7 Å². The second-order valence-corrected chi connectivity index (χ2v) is 8.12. The summed E-state index contributed by atoms with van der Waals surface area (Å²) >= 11 is 0. The van der Waals surface area contributed by atoms with Crippen LogP contribution in [0.2, 0.25) is 0 Å². The van der Waals surface area contributed by atoms with Gasteiger partial charge >= 0.3 is 6.03 Å². The molecule has 1 fully saturated rings. The first-order valence-electron chi connectivity index (χ1n) is 10.8. The largest absolute Gasteiger partial charge is 0.474 e. The van der Waals surface area contributed by atoms with Crippen LogP contribution in [0.4, 0.5) is 10.5 Å². The van der Waals surface area contributed by atoms with Crippen molar-refractivity contribution in [3.05, 3.63) is 71.2 Å². The average Bonchev–Trinajstić information content (AvgIpc) is 3.36. The van der Waals surface area contributed by atoms with Crippen LogP contribution in [0, 0.1) is 13.8 Å². The Labute approximate surface area is 182 Å². The lowest BCUT2D eigenvalue weighted by Gasteiger charge is -2.13. The van der Waals surface area contributed by atoms with Crippen LogP contribution >= 0.6 is 0 Å². The molecule has 4 rings (SSSR count). The fraction of sp³-hybridized carbons (Fsp3) is 0.375. The Morgan fingerprint density at radius 3 is 2.74 bits per heavy atom. The molecule has 3 aromatic rings. The van der Waals surface area contributed by atoms with Gasteiger partial charge in [-0.1, -0.05) is 12.1 Å². The van der Waals surface area contributed by atoms with E-state index in [0.717, 1.165) is 41.0 Å². The van der Waals surface area contributed by atoms with Gasteiger partial charge in [-0.15, -0.1) is 0 Å². The van der Waals surface area contributed by atoms with Crippen LogP contribution in [-0.2, 0) is 13.1 Å². The number of urea groups is 1. The van der Waals surface area contributed by atoms with Crippen LogP contribution in [0.3, 0.4) is 0 Å². The van der Waals surface area contributed by atoms with Crippen molar-refractivity contribution in [2.24, 2.45) is 0 Å². The first-order valence-corrected chi connectivity index (χ1v) is 10.8. The van der Waals surface area contributed by atoms with Crippen LogP contribution in [0.5, 0.6) is 5.88 Å². The fourth-order valence-corrected chi connectivity index (χ4v) is 3.91. The number of anilines is 1. The number of ether oxygens (including phenoxy) is 1. The van der Waals surface area contributed by atoms with Crippen molar-refractivity contribution in [2.75, 3.05) is 5.32 Å². The molecule has 2 aromatic heterocycles. The molecule has 1 aliphatic rings. The fourth-order valence-electron chi connectivity index (χ4n) is 3.91. The SMILES string of the molecule is Cc1cc(C)n(Cc2cccc(NC(=O)NCc3ccnc(OC4CCCC4)c3)c2)n1. The van der Waals surface area contributed by atoms with Gasteiger partial charge in [-0.2, -0.15) is 5.10 Å². The third-order valence-corrected chi connectivity index (χ3v) is 5.46. The zero-order chi connectivity index (χ0) is 21.6. The van der Waals surface area contributed by atoms with E-state index in [4.69, 9.17) is 4.74 Å². The molecule has 2 heterocycles. The molecule has 2 N–H and O–H groups in total. The van der Waals surface area contributed by atoms with E-state index in [0.29, 0.717) is 19.0 Å². The molecule has 0 bridgehead atoms. The van der Waals surface area contributed by atoms with Crippen molar-refractivity contribution in [1.29, 1.82) is 0 Å². The van der Waals surface area contributed by atoms with E-state index < -0.39 is 0 Å². The molecule has 31 heavy (non-hydrogen) atoms. The second-order valence-electron chi connectivity index (χ2n) is 8.12. The van der Waals surface area contributed by atoms with Gasteiger partial charge in [0.15, 0.2) is 0 Å². The normalized spacial score (nSPS) is 13.9. The summed E-state index contributed by atoms with van der Waals surface area (Å²) in [4.78, 5) is 16.7. The Balaban J connectivity index is 1.30. The van der Waals surface area contributed by atoms with Crippen LogP contribution < -0.4 is 15.4 Å². The first-order chi connectivity index (χ1) is 15.0. The van der Waals surface area contributed by atoms with E-state index in [2.05, 4.69) is 26.8 Å². The molecule has 0 radical (unpaired) electrons. The molecule has 1 aromatic carbocycles. The summed E-state index contributed by atoms with van der Waals surface area (Å²) in [6.07, 6.45) is 6.60. The van der Waals surface area contributed by atoms with Gasteiger partial charge in [-0.3, -0.25) is 4.68 Å². The minimum Gasteiger partial charge on any atom is -0.474 e. The quantitative estimate of drug-likeness (QED) is 0.587. The highest BCUT2D eigenvalue weighted by molar-refractivity contribution is 5.89. The zero-order valence-electron chi connectivity index (χ0n) is 18.1. The highest BCUT2D eigenvalue weighted by Gasteiger charge is 2.17. The Bertz CT molecular complexity index is 1040. The molecule has 1 saturated carbocycles. The van der Waals surface area contributed by atoms with Crippen LogP contribution in [0.15, 0.2) is 48.7 Å². The maximum Gasteiger partial charge on any atom is 0.319 e. The van der Waals surface area contributed by atoms with E-state index in [1.807, 2.05) is 54.9 Å². The lowest BCUT2D eigenvalue weighted by molar-refractivity contribution is 0.201. The molecule has 2 amide bonds. The van der Waals surface area contributed by atoms with Crippen LogP contribution in [0.1, 0.15) is 48.2 Å². The van der Waals surface area contributed by atoms with E-state index >= 15 is 0 Å². The van der Waals surface area contributed by atoms with Gasteiger partial charge in [0, 0.05) is 30.2 Å². The first kappa shape index (κ1) is 20.9. The van der Waals surface area contributed by atoms with E-state index in [1.54, 1.807) is 6.20 Å². The molecular weight excluding hydrogens is 390 g/mol. The monoisotopic (exact) mass is 419 g/mol. The van der Waals surface area contributed by atoms with Gasteiger partial charge in [-0.05, 0) is 74.9 Å². The smallest absolute Gasteiger partial charge is 0.319 e. The summed E-state index contributed by atoms with van der Waals surface area (Å²) in [5, 5.41) is 10.3. The molecule has 7 nitrogen and oxygen atoms in total. The van der Waals surface area contributed by atoms with Crippen molar-refractivity contribution in [2.45, 2.75) is 58.7 Å². The highest BCUT2D eigenvalue weighted by Crippen LogP contribution is 2.23. The molecule has 0 saturated heterocycles. The number of hydrogen-bond donors (Lipinski definition) is 2. The molecule has 1 aliphatic carbocycles. The predicted octanol–water partition coefficient (Wildman–Crippen LogP) is 4.59. The van der Waals surface area contributed by atoms with E-state index in [-0.39, 0.29) is 12.1 Å². The van der Waals surface area contributed by atoms with Crippen molar-refractivity contribution in [1.82, 2.24) is 20.1 Å². The van der Waals surface area contributed by atoms with Gasteiger partial charge in [0.2, 0.25) is 5.88 Å². The summed E-state index contributed by atoms with van der Waals surface area (Å²) < 4.78 is 7.91. The van der Waals surface area contributed by atoms with Gasteiger partial charge in [-0.25, -0.2) is 9.78 Å². The molecule has 0 spiro atoms. The predicted molar refractivity (Wildman–Crippen MR) is 120 cm³/mol. The molecule has 7 heteroatoms. The van der Waals surface area contributed by atoms with Gasteiger partial charge in [0.1, 0.15) is 6.10 Å². The third-order valence-electron chi connectivity index (χ3n) is 5.46. The number of carbonyl (C=O) groups excluding carboxylic acids is 1. The molecule has 0 aliphatic heterocycles. The Kier molecular flexibility index (Phi) is 6.50. The number of aryl methyl sites for hydroxylation is 2. The summed E-state index contributed by atoms with van der Waals surface area (Å²) in [7, 11) is 0. The lowest BCUT2D eigenvalue weighted by Crippen LogP contribution is -2.28. The maximum atomic E-state index is 12.4. The molecule has 162 valence electrons. The van der Waals surface area contributed by atoms with Crippen molar-refractivity contribution in [3.63, 3.8) is 0 Å². The number of aromatic nitrogens is 3. The van der Waals surface area contributed by atoms with Crippen molar-refractivity contribution < 1.29 is 9.53 Å². The van der Waals surface area contributed by atoms with Crippen LogP contribution in [-0.4, -0.2) is 26.9 Å². The number of carbonyl (C=O) groups is 1. The minimum atomic E-state index is -0.252. The maximum absolute atomic E-state index is 12.4. The summed E-state index contributed by atoms with van der Waals surface area (Å²) in [6.45, 7) is 5.09. The number of amides is 2. The summed E-state index contributed by atoms with van der Waals surface area (Å²) in [6, 6.07) is 13.4. The van der Waals surface area contributed by atoms with E-state index in [9.17, 15) is 4.79 Å². The average molecular weight is 420 g/mol. The van der Waals surface area contributed by atoms with Gasteiger partial charge in [0.25, 0.3) is 0 Å². The number of nitrogens with zero attached hydrogens (tertiary/aromatic N) is 3. The number of benzene rings is 1. The standard InChI is InChI=1S/C24H29N5O2/c1-17-12-18(2)29(28-17)16-20-6-5-7-21(13-20)27-24(30)26-15-19-10-11-25-23(14-19)31-22-8-3-4-9-22/h5-7,10-14,22H,3-4,8-9,15-16H2,1-2H3,(H2,26,27,30). The summed E-state index contributed by atoms with van der Waals surface area (Å²) in [5.74, 6) is 0.628. The van der Waals surface area contributed by atoms with Crippen molar-refractivity contribution in [3.8, 4) is 5.88 Å². The topological polar surface area (TPSA) is 81.1 Å². The summed E-state index contributed by atoms with van der Waals surface area (Å²) in [5.41, 5.74) is 4.89.